The van der Waals surface area contributed by atoms with E-state index < -0.39 is 43.1 Å². The molecule has 0 unspecified atom stereocenters. The van der Waals surface area contributed by atoms with Gasteiger partial charge in [-0.15, -0.1) is 0 Å². The van der Waals surface area contributed by atoms with Crippen molar-refractivity contribution in [3.8, 4) is 0 Å². The monoisotopic (exact) mass is 208 g/mol. The molecule has 0 aromatic heterocycles. The van der Waals surface area contributed by atoms with Crippen molar-refractivity contribution < 1.29 is 35.1 Å². The molecule has 0 bridgehead atoms. The van der Waals surface area contributed by atoms with Crippen LogP contribution in [0.1, 0.15) is 6.42 Å². The Hall–Kier alpha value is -0.730. The first-order valence-electron chi connectivity index (χ1n) is 4.03. The first-order chi connectivity index (χ1) is 6.43. The Morgan fingerprint density at radius 2 is 1.64 bits per heavy atom. The third-order valence-electron chi connectivity index (χ3n) is 2.06. The maximum absolute atomic E-state index is 10.3. The fourth-order valence-corrected chi connectivity index (χ4v) is 1.27. The summed E-state index contributed by atoms with van der Waals surface area (Å²) < 4.78 is 4.61. The van der Waals surface area contributed by atoms with Crippen molar-refractivity contribution in [1.82, 2.24) is 0 Å². The van der Waals surface area contributed by atoms with Crippen molar-refractivity contribution in [3.05, 3.63) is 0 Å². The van der Waals surface area contributed by atoms with E-state index in [0.29, 0.717) is 0 Å². The zero-order chi connectivity index (χ0) is 10.9. The third kappa shape index (κ3) is 2.20. The number of rotatable bonds is 2. The molecule has 1 aliphatic rings. The zero-order valence-corrected chi connectivity index (χ0v) is 7.15. The smallest absolute Gasteiger partial charge is 0.306 e. The van der Waals surface area contributed by atoms with Crippen LogP contribution in [0.3, 0.4) is 0 Å². The summed E-state index contributed by atoms with van der Waals surface area (Å²) in [6, 6.07) is 0. The molecule has 0 saturated carbocycles. The molecule has 5 atom stereocenters. The van der Waals surface area contributed by atoms with Gasteiger partial charge < -0.3 is 30.3 Å². The Labute approximate surface area is 79.2 Å². The van der Waals surface area contributed by atoms with Crippen LogP contribution in [0.5, 0.6) is 0 Å². The van der Waals surface area contributed by atoms with Crippen molar-refractivity contribution in [2.75, 3.05) is 0 Å². The minimum Gasteiger partial charge on any atom is -0.481 e. The molecule has 1 fully saturated rings. The molecule has 7 nitrogen and oxygen atoms in total. The first-order valence-corrected chi connectivity index (χ1v) is 4.03. The van der Waals surface area contributed by atoms with Crippen molar-refractivity contribution in [2.45, 2.75) is 37.1 Å². The Kier molecular flexibility index (Phi) is 3.40. The average molecular weight is 208 g/mol. The van der Waals surface area contributed by atoms with E-state index in [1.165, 1.54) is 0 Å². The Morgan fingerprint density at radius 3 is 2.14 bits per heavy atom. The van der Waals surface area contributed by atoms with Crippen LogP contribution >= 0.6 is 0 Å². The lowest BCUT2D eigenvalue weighted by Crippen LogP contribution is -2.57. The highest BCUT2D eigenvalue weighted by Gasteiger charge is 2.43. The summed E-state index contributed by atoms with van der Waals surface area (Å²) in [5, 5.41) is 44.9. The quantitative estimate of drug-likeness (QED) is 0.333. The van der Waals surface area contributed by atoms with Gasteiger partial charge in [0.2, 0.25) is 0 Å². The van der Waals surface area contributed by atoms with Crippen LogP contribution in [0.2, 0.25) is 0 Å². The number of aliphatic carboxylic acids is 1. The summed E-state index contributed by atoms with van der Waals surface area (Å²) >= 11 is 0. The van der Waals surface area contributed by atoms with E-state index in [9.17, 15) is 9.90 Å². The molecule has 1 aliphatic heterocycles. The van der Waals surface area contributed by atoms with Gasteiger partial charge in [0.25, 0.3) is 0 Å². The number of carbonyl (C=O) groups is 1. The standard InChI is InChI=1S/C7H12O7/c8-3(9)1-2-4(10)5(11)6(12)7(13)14-2/h2,4-7,10-13H,1H2,(H,8,9)/t2-,4-,5+,6+,7-/m0/s1. The molecule has 0 aromatic rings. The molecule has 7 heteroatoms. The molecular weight excluding hydrogens is 196 g/mol. The number of aliphatic hydroxyl groups excluding tert-OH is 4. The van der Waals surface area contributed by atoms with E-state index >= 15 is 0 Å². The largest absolute Gasteiger partial charge is 0.481 e. The molecular formula is C7H12O7. The zero-order valence-electron chi connectivity index (χ0n) is 7.15. The van der Waals surface area contributed by atoms with Crippen LogP contribution in [0.25, 0.3) is 0 Å². The van der Waals surface area contributed by atoms with Crippen molar-refractivity contribution >= 4 is 5.97 Å². The molecule has 14 heavy (non-hydrogen) atoms. The predicted molar refractivity (Wildman–Crippen MR) is 41.2 cm³/mol. The normalized spacial score (nSPS) is 43.6. The van der Waals surface area contributed by atoms with E-state index in [1.807, 2.05) is 0 Å². The van der Waals surface area contributed by atoms with Gasteiger partial charge in [0.05, 0.1) is 12.5 Å². The van der Waals surface area contributed by atoms with Gasteiger partial charge in [-0.3, -0.25) is 4.79 Å². The molecule has 5 N–H and O–H groups in total. The number of hydrogen-bond donors (Lipinski definition) is 5. The van der Waals surface area contributed by atoms with Crippen LogP contribution < -0.4 is 0 Å². The molecule has 0 amide bonds. The lowest BCUT2D eigenvalue weighted by atomic mass is 9.97. The van der Waals surface area contributed by atoms with Crippen LogP contribution in [0.15, 0.2) is 0 Å². The van der Waals surface area contributed by atoms with E-state index in [-0.39, 0.29) is 0 Å². The lowest BCUT2D eigenvalue weighted by Gasteiger charge is -2.37. The van der Waals surface area contributed by atoms with Crippen molar-refractivity contribution in [1.29, 1.82) is 0 Å². The SMILES string of the molecule is O=C(O)C[C@@H]1O[C@H](O)[C@H](O)[C@H](O)[C@H]1O. The number of aliphatic hydroxyl groups is 4. The molecule has 0 radical (unpaired) electrons. The third-order valence-corrected chi connectivity index (χ3v) is 2.06. The topological polar surface area (TPSA) is 127 Å². The number of carboxylic acid groups (broad SMARTS) is 1. The molecule has 1 rings (SSSR count). The first kappa shape index (κ1) is 11.3. The van der Waals surface area contributed by atoms with E-state index in [1.54, 1.807) is 0 Å². The van der Waals surface area contributed by atoms with Gasteiger partial charge in [0.1, 0.15) is 18.3 Å². The summed E-state index contributed by atoms with van der Waals surface area (Å²) in [7, 11) is 0. The second kappa shape index (κ2) is 4.20. The van der Waals surface area contributed by atoms with E-state index in [4.69, 9.17) is 20.4 Å². The number of carboxylic acids is 1. The minimum atomic E-state index is -1.68. The van der Waals surface area contributed by atoms with Gasteiger partial charge in [0.15, 0.2) is 6.29 Å². The second-order valence-electron chi connectivity index (χ2n) is 3.13. The van der Waals surface area contributed by atoms with Crippen LogP contribution in [0.4, 0.5) is 0 Å². The molecule has 82 valence electrons. The van der Waals surface area contributed by atoms with E-state index in [2.05, 4.69) is 4.74 Å². The summed E-state index contributed by atoms with van der Waals surface area (Å²) in [5.74, 6) is -1.23. The highest BCUT2D eigenvalue weighted by molar-refractivity contribution is 5.67. The van der Waals surface area contributed by atoms with E-state index in [0.717, 1.165) is 0 Å². The number of ether oxygens (including phenoxy) is 1. The summed E-state index contributed by atoms with van der Waals surface area (Å²) in [5.41, 5.74) is 0. The maximum Gasteiger partial charge on any atom is 0.306 e. The summed E-state index contributed by atoms with van der Waals surface area (Å²) in [6.45, 7) is 0. The average Bonchev–Trinajstić information content (AvgIpc) is 2.10. The second-order valence-corrected chi connectivity index (χ2v) is 3.13. The predicted octanol–water partition coefficient (Wildman–Crippen LogP) is -2.74. The summed E-state index contributed by atoms with van der Waals surface area (Å²) in [4.78, 5) is 10.3. The fraction of sp³-hybridized carbons (Fsp3) is 0.857. The van der Waals surface area contributed by atoms with Gasteiger partial charge >= 0.3 is 5.97 Å². The van der Waals surface area contributed by atoms with Gasteiger partial charge in [-0.25, -0.2) is 0 Å². The Morgan fingerprint density at radius 1 is 1.07 bits per heavy atom. The van der Waals surface area contributed by atoms with Crippen molar-refractivity contribution in [3.63, 3.8) is 0 Å². The molecule has 0 aliphatic carbocycles. The maximum atomic E-state index is 10.3. The highest BCUT2D eigenvalue weighted by atomic mass is 16.6. The highest BCUT2D eigenvalue weighted by Crippen LogP contribution is 2.21. The minimum absolute atomic E-state index is 0.554. The molecule has 0 spiro atoms. The Balaban J connectivity index is 2.65. The molecule has 1 saturated heterocycles. The lowest BCUT2D eigenvalue weighted by molar-refractivity contribution is -0.282. The molecule has 1 heterocycles. The van der Waals surface area contributed by atoms with Gasteiger partial charge in [0, 0.05) is 0 Å². The van der Waals surface area contributed by atoms with Gasteiger partial charge in [-0.2, -0.15) is 0 Å². The van der Waals surface area contributed by atoms with Gasteiger partial charge in [-0.1, -0.05) is 0 Å². The summed E-state index contributed by atoms with van der Waals surface area (Å²) in [6.07, 6.45) is -8.22. The fourth-order valence-electron chi connectivity index (χ4n) is 1.27. The van der Waals surface area contributed by atoms with Crippen molar-refractivity contribution in [2.24, 2.45) is 0 Å². The van der Waals surface area contributed by atoms with Gasteiger partial charge in [-0.05, 0) is 0 Å². The molecule has 0 aromatic carbocycles. The number of hydrogen-bond acceptors (Lipinski definition) is 6. The Bertz CT molecular complexity index is 218. The van der Waals surface area contributed by atoms with Crippen LogP contribution in [-0.4, -0.2) is 62.2 Å². The van der Waals surface area contributed by atoms with Crippen LogP contribution in [0, 0.1) is 0 Å². The van der Waals surface area contributed by atoms with Crippen LogP contribution in [-0.2, 0) is 9.53 Å².